The average Bonchev–Trinajstić information content (AvgIpc) is 2.62. The Labute approximate surface area is 142 Å². The molecule has 0 spiro atoms. The van der Waals surface area contributed by atoms with Gasteiger partial charge in [0.25, 0.3) is 0 Å². The van der Waals surface area contributed by atoms with Crippen molar-refractivity contribution in [3.05, 3.63) is 59.7 Å². The first-order valence-corrected chi connectivity index (χ1v) is 9.27. The van der Waals surface area contributed by atoms with E-state index in [-0.39, 0.29) is 11.0 Å². The summed E-state index contributed by atoms with van der Waals surface area (Å²) in [5.74, 6) is 0.679. The zero-order chi connectivity index (χ0) is 17.2. The van der Waals surface area contributed by atoms with Gasteiger partial charge in [-0.2, -0.15) is 4.31 Å². The van der Waals surface area contributed by atoms with Crippen molar-refractivity contribution in [2.75, 3.05) is 26.8 Å². The van der Waals surface area contributed by atoms with Crippen LogP contribution in [-0.2, 0) is 14.8 Å². The predicted molar refractivity (Wildman–Crippen MR) is 91.6 cm³/mol. The molecule has 6 heteroatoms. The highest BCUT2D eigenvalue weighted by atomic mass is 32.2. The molecule has 1 atom stereocenters. The molecule has 24 heavy (non-hydrogen) atoms. The van der Waals surface area contributed by atoms with Gasteiger partial charge in [0.2, 0.25) is 10.0 Å². The van der Waals surface area contributed by atoms with E-state index in [1.165, 1.54) is 4.31 Å². The molecule has 1 fully saturated rings. The van der Waals surface area contributed by atoms with E-state index in [4.69, 9.17) is 9.47 Å². The summed E-state index contributed by atoms with van der Waals surface area (Å²) in [6, 6.07) is 14.6. The minimum Gasteiger partial charge on any atom is -0.496 e. The molecule has 0 bridgehead atoms. The minimum atomic E-state index is -3.55. The van der Waals surface area contributed by atoms with Gasteiger partial charge >= 0.3 is 0 Å². The van der Waals surface area contributed by atoms with Crippen LogP contribution in [0.5, 0.6) is 5.75 Å². The number of ether oxygens (including phenoxy) is 2. The molecule has 1 aliphatic heterocycles. The topological polar surface area (TPSA) is 55.8 Å². The third kappa shape index (κ3) is 3.31. The van der Waals surface area contributed by atoms with E-state index in [9.17, 15) is 8.42 Å². The lowest BCUT2D eigenvalue weighted by Crippen LogP contribution is -2.42. The molecule has 1 saturated heterocycles. The molecule has 2 aromatic carbocycles. The van der Waals surface area contributed by atoms with E-state index in [1.54, 1.807) is 25.3 Å². The Morgan fingerprint density at radius 1 is 1.17 bits per heavy atom. The first-order chi connectivity index (χ1) is 11.5. The summed E-state index contributed by atoms with van der Waals surface area (Å²) in [4.78, 5) is 0.287. The highest BCUT2D eigenvalue weighted by molar-refractivity contribution is 7.89. The maximum Gasteiger partial charge on any atom is 0.243 e. The lowest BCUT2D eigenvalue weighted by molar-refractivity contribution is -0.00255. The van der Waals surface area contributed by atoms with Gasteiger partial charge in [-0.3, -0.25) is 0 Å². The minimum absolute atomic E-state index is 0.242. The third-order valence-electron chi connectivity index (χ3n) is 4.20. The lowest BCUT2D eigenvalue weighted by atomic mass is 10.1. The molecule has 0 amide bonds. The predicted octanol–water partition coefficient (Wildman–Crippen LogP) is 2.77. The highest BCUT2D eigenvalue weighted by Gasteiger charge is 2.31. The summed E-state index contributed by atoms with van der Waals surface area (Å²) in [6.45, 7) is 2.89. The van der Waals surface area contributed by atoms with Gasteiger partial charge in [0.05, 0.1) is 24.7 Å². The fourth-order valence-corrected chi connectivity index (χ4v) is 4.38. The summed E-state index contributed by atoms with van der Waals surface area (Å²) < 4.78 is 38.4. The fraction of sp³-hybridized carbons (Fsp3) is 0.333. The Morgan fingerprint density at radius 3 is 2.58 bits per heavy atom. The molecule has 0 unspecified atom stereocenters. The van der Waals surface area contributed by atoms with Gasteiger partial charge in [-0.15, -0.1) is 0 Å². The van der Waals surface area contributed by atoms with Crippen LogP contribution in [0.3, 0.4) is 0 Å². The van der Waals surface area contributed by atoms with E-state index in [2.05, 4.69) is 0 Å². The van der Waals surface area contributed by atoms with Crippen LogP contribution < -0.4 is 4.74 Å². The Morgan fingerprint density at radius 2 is 1.92 bits per heavy atom. The molecule has 3 rings (SSSR count). The molecule has 1 heterocycles. The molecule has 128 valence electrons. The molecule has 0 aliphatic carbocycles. The zero-order valence-corrected chi connectivity index (χ0v) is 14.6. The monoisotopic (exact) mass is 347 g/mol. The van der Waals surface area contributed by atoms with E-state index in [0.29, 0.717) is 25.4 Å². The van der Waals surface area contributed by atoms with Crippen molar-refractivity contribution in [1.82, 2.24) is 4.31 Å². The molecule has 0 saturated carbocycles. The first kappa shape index (κ1) is 17.0. The van der Waals surface area contributed by atoms with Crippen molar-refractivity contribution in [2.45, 2.75) is 17.9 Å². The molecule has 0 N–H and O–H groups in total. The number of morpholine rings is 1. The largest absolute Gasteiger partial charge is 0.496 e. The van der Waals surface area contributed by atoms with Gasteiger partial charge in [-0.25, -0.2) is 8.42 Å². The van der Waals surface area contributed by atoms with Gasteiger partial charge in [0, 0.05) is 13.1 Å². The van der Waals surface area contributed by atoms with Crippen LogP contribution in [0.2, 0.25) is 0 Å². The Balaban J connectivity index is 1.85. The summed E-state index contributed by atoms with van der Waals surface area (Å²) in [5.41, 5.74) is 1.79. The van der Waals surface area contributed by atoms with Crippen LogP contribution in [0, 0.1) is 6.92 Å². The average molecular weight is 347 g/mol. The van der Waals surface area contributed by atoms with Crippen LogP contribution in [0.15, 0.2) is 53.4 Å². The summed E-state index contributed by atoms with van der Waals surface area (Å²) in [7, 11) is -1.98. The fourth-order valence-electron chi connectivity index (χ4n) is 2.87. The third-order valence-corrected chi connectivity index (χ3v) is 6.07. The number of benzene rings is 2. The van der Waals surface area contributed by atoms with Crippen LogP contribution in [-0.4, -0.2) is 39.5 Å². The molecule has 1 aliphatic rings. The SMILES string of the molecule is COc1ccc(S(=O)(=O)N2CCO[C@H](c3ccccc3)C2)cc1C. The standard InChI is InChI=1S/C18H21NO4S/c1-14-12-16(8-9-17(14)22-2)24(20,21)19-10-11-23-18(13-19)15-6-4-3-5-7-15/h3-9,12,18H,10-11,13H2,1-2H3/t18-/m0/s1. The van der Waals surface area contributed by atoms with E-state index in [1.807, 2.05) is 37.3 Å². The van der Waals surface area contributed by atoms with Crippen molar-refractivity contribution in [3.8, 4) is 5.75 Å². The van der Waals surface area contributed by atoms with Crippen LogP contribution in [0.4, 0.5) is 0 Å². The van der Waals surface area contributed by atoms with Crippen molar-refractivity contribution in [2.24, 2.45) is 0 Å². The number of sulfonamides is 1. The first-order valence-electron chi connectivity index (χ1n) is 7.83. The summed E-state index contributed by atoms with van der Waals surface area (Å²) in [6.07, 6.45) is -0.242. The maximum absolute atomic E-state index is 12.9. The van der Waals surface area contributed by atoms with Crippen molar-refractivity contribution >= 4 is 10.0 Å². The zero-order valence-electron chi connectivity index (χ0n) is 13.8. The molecule has 0 radical (unpaired) electrons. The molecular formula is C18H21NO4S. The Bertz CT molecular complexity index is 805. The summed E-state index contributed by atoms with van der Waals surface area (Å²) >= 11 is 0. The van der Waals surface area contributed by atoms with Gasteiger partial charge in [-0.1, -0.05) is 30.3 Å². The van der Waals surface area contributed by atoms with Crippen molar-refractivity contribution < 1.29 is 17.9 Å². The highest BCUT2D eigenvalue weighted by Crippen LogP contribution is 2.28. The number of hydrogen-bond acceptors (Lipinski definition) is 4. The normalized spacial score (nSPS) is 19.2. The Hall–Kier alpha value is -1.89. The van der Waals surface area contributed by atoms with Crippen molar-refractivity contribution in [3.63, 3.8) is 0 Å². The lowest BCUT2D eigenvalue weighted by Gasteiger charge is -2.32. The van der Waals surface area contributed by atoms with Crippen LogP contribution in [0.25, 0.3) is 0 Å². The second-order valence-electron chi connectivity index (χ2n) is 5.76. The van der Waals surface area contributed by atoms with Crippen LogP contribution in [0.1, 0.15) is 17.2 Å². The number of methoxy groups -OCH3 is 1. The number of rotatable bonds is 4. The van der Waals surface area contributed by atoms with Gasteiger partial charge in [0.1, 0.15) is 5.75 Å². The van der Waals surface area contributed by atoms with E-state index < -0.39 is 10.0 Å². The van der Waals surface area contributed by atoms with Crippen molar-refractivity contribution in [1.29, 1.82) is 0 Å². The van der Waals surface area contributed by atoms with Crippen LogP contribution >= 0.6 is 0 Å². The number of nitrogens with zero attached hydrogens (tertiary/aromatic N) is 1. The van der Waals surface area contributed by atoms with E-state index in [0.717, 1.165) is 11.1 Å². The summed E-state index contributed by atoms with van der Waals surface area (Å²) in [5, 5.41) is 0. The Kier molecular flexibility index (Phi) is 4.89. The van der Waals surface area contributed by atoms with Gasteiger partial charge in [0.15, 0.2) is 0 Å². The number of aryl methyl sites for hydroxylation is 1. The van der Waals surface area contributed by atoms with E-state index >= 15 is 0 Å². The quantitative estimate of drug-likeness (QED) is 0.853. The number of hydrogen-bond donors (Lipinski definition) is 0. The maximum atomic E-state index is 12.9. The van der Waals surface area contributed by atoms with Gasteiger partial charge in [-0.05, 0) is 36.2 Å². The molecular weight excluding hydrogens is 326 g/mol. The van der Waals surface area contributed by atoms with Gasteiger partial charge < -0.3 is 9.47 Å². The molecule has 5 nitrogen and oxygen atoms in total. The second-order valence-corrected chi connectivity index (χ2v) is 7.70. The molecule has 0 aromatic heterocycles. The molecule has 2 aromatic rings. The smallest absolute Gasteiger partial charge is 0.243 e. The second kappa shape index (κ2) is 6.93.